The van der Waals surface area contributed by atoms with Crippen molar-refractivity contribution in [1.82, 2.24) is 15.1 Å². The summed E-state index contributed by atoms with van der Waals surface area (Å²) in [6.45, 7) is 9.45. The van der Waals surface area contributed by atoms with E-state index >= 15 is 0 Å². The van der Waals surface area contributed by atoms with Gasteiger partial charge >= 0.3 is 0 Å². The quantitative estimate of drug-likeness (QED) is 0.758. The van der Waals surface area contributed by atoms with Gasteiger partial charge in [0, 0.05) is 55.3 Å². The molecule has 32 heavy (non-hydrogen) atoms. The molecule has 0 bridgehead atoms. The van der Waals surface area contributed by atoms with Crippen LogP contribution in [0.15, 0.2) is 48.5 Å². The molecule has 0 radical (unpaired) electrons. The lowest BCUT2D eigenvalue weighted by Gasteiger charge is -2.50. The van der Waals surface area contributed by atoms with E-state index in [2.05, 4.69) is 22.3 Å². The van der Waals surface area contributed by atoms with Gasteiger partial charge in [-0.05, 0) is 38.5 Å². The third kappa shape index (κ3) is 4.24. The van der Waals surface area contributed by atoms with E-state index in [-0.39, 0.29) is 29.2 Å². The molecule has 2 aromatic carbocycles. The summed E-state index contributed by atoms with van der Waals surface area (Å²) in [5, 5.41) is 3.11. The van der Waals surface area contributed by atoms with Crippen LogP contribution in [-0.4, -0.2) is 60.9 Å². The fourth-order valence-electron chi connectivity index (χ4n) is 5.20. The monoisotopic (exact) mass is 435 g/mol. The summed E-state index contributed by atoms with van der Waals surface area (Å²) in [6, 6.07) is 16.0. The fourth-order valence-corrected chi connectivity index (χ4v) is 5.20. The minimum atomic E-state index is -0.198. The predicted molar refractivity (Wildman–Crippen MR) is 125 cm³/mol. The normalized spacial score (nSPS) is 19.8. The Kier molecular flexibility index (Phi) is 6.24. The molecule has 2 fully saturated rings. The molecule has 4 rings (SSSR count). The number of rotatable bonds is 6. The number of hydrogen-bond acceptors (Lipinski definition) is 4. The molecule has 0 aliphatic carbocycles. The van der Waals surface area contributed by atoms with Gasteiger partial charge in [-0.2, -0.15) is 0 Å². The van der Waals surface area contributed by atoms with Crippen molar-refractivity contribution in [3.63, 3.8) is 0 Å². The molecule has 6 nitrogen and oxygen atoms in total. The summed E-state index contributed by atoms with van der Waals surface area (Å²) in [6.07, 6.45) is 0. The Morgan fingerprint density at radius 1 is 1.09 bits per heavy atom. The van der Waals surface area contributed by atoms with Gasteiger partial charge in [0.2, 0.25) is 5.91 Å². The minimum absolute atomic E-state index is 0.0107. The topological polar surface area (TPSA) is 61.9 Å². The number of hydrogen-bond donors (Lipinski definition) is 1. The van der Waals surface area contributed by atoms with Gasteiger partial charge in [0.05, 0.1) is 13.0 Å². The molecule has 2 aliphatic rings. The SMILES string of the molecule is COc1cccc(C(=O)N2CC3(CN(Cc4ccccc4)CC3C(=O)NC(C)C)C2)c1C. The zero-order chi connectivity index (χ0) is 22.9. The van der Waals surface area contributed by atoms with Gasteiger partial charge in [0.1, 0.15) is 5.75 Å². The fraction of sp³-hybridized carbons (Fsp3) is 0.462. The van der Waals surface area contributed by atoms with E-state index in [0.717, 1.165) is 24.4 Å². The lowest BCUT2D eigenvalue weighted by atomic mass is 9.70. The first-order chi connectivity index (χ1) is 15.3. The van der Waals surface area contributed by atoms with E-state index in [1.165, 1.54) is 5.56 Å². The summed E-state index contributed by atoms with van der Waals surface area (Å²) >= 11 is 0. The van der Waals surface area contributed by atoms with Crippen LogP contribution in [0.4, 0.5) is 0 Å². The molecule has 170 valence electrons. The first kappa shape index (κ1) is 22.3. The largest absolute Gasteiger partial charge is 0.496 e. The highest BCUT2D eigenvalue weighted by Gasteiger charge is 2.57. The Morgan fingerprint density at radius 2 is 1.81 bits per heavy atom. The zero-order valence-corrected chi connectivity index (χ0v) is 19.4. The number of methoxy groups -OCH3 is 1. The molecule has 1 atom stereocenters. The molecule has 6 heteroatoms. The molecule has 1 N–H and O–H groups in total. The van der Waals surface area contributed by atoms with Crippen molar-refractivity contribution in [2.75, 3.05) is 33.3 Å². The number of nitrogens with zero attached hydrogens (tertiary/aromatic N) is 2. The number of nitrogens with one attached hydrogen (secondary N) is 1. The van der Waals surface area contributed by atoms with E-state index in [4.69, 9.17) is 4.74 Å². The van der Waals surface area contributed by atoms with E-state index in [1.54, 1.807) is 7.11 Å². The van der Waals surface area contributed by atoms with E-state index in [0.29, 0.717) is 25.2 Å². The third-order valence-electron chi connectivity index (χ3n) is 6.75. The molecule has 2 amide bonds. The van der Waals surface area contributed by atoms with Gasteiger partial charge in [-0.15, -0.1) is 0 Å². The molecule has 0 saturated carbocycles. The second-order valence-electron chi connectivity index (χ2n) is 9.53. The number of carbonyl (C=O) groups is 2. The van der Waals surface area contributed by atoms with Crippen LogP contribution in [0.3, 0.4) is 0 Å². The average molecular weight is 436 g/mol. The second-order valence-corrected chi connectivity index (χ2v) is 9.53. The van der Waals surface area contributed by atoms with Crippen LogP contribution >= 0.6 is 0 Å². The molecule has 2 aromatic rings. The van der Waals surface area contributed by atoms with Gasteiger partial charge in [0.15, 0.2) is 0 Å². The Hall–Kier alpha value is -2.86. The second kappa shape index (κ2) is 8.94. The van der Waals surface area contributed by atoms with Crippen molar-refractivity contribution in [3.05, 3.63) is 65.2 Å². The predicted octanol–water partition coefficient (Wildman–Crippen LogP) is 3.10. The van der Waals surface area contributed by atoms with Crippen molar-refractivity contribution in [3.8, 4) is 5.75 Å². The van der Waals surface area contributed by atoms with Crippen molar-refractivity contribution < 1.29 is 14.3 Å². The number of ether oxygens (including phenoxy) is 1. The van der Waals surface area contributed by atoms with E-state index < -0.39 is 0 Å². The molecule has 1 unspecified atom stereocenters. The third-order valence-corrected chi connectivity index (χ3v) is 6.75. The summed E-state index contributed by atoms with van der Waals surface area (Å²) in [5.74, 6) is 0.705. The molecular weight excluding hydrogens is 402 g/mol. The number of carbonyl (C=O) groups excluding carboxylic acids is 2. The Morgan fingerprint density at radius 3 is 2.47 bits per heavy atom. The highest BCUT2D eigenvalue weighted by atomic mass is 16.5. The smallest absolute Gasteiger partial charge is 0.254 e. The van der Waals surface area contributed by atoms with Gasteiger partial charge in [-0.25, -0.2) is 0 Å². The molecule has 1 spiro atoms. The van der Waals surface area contributed by atoms with Crippen molar-refractivity contribution in [2.45, 2.75) is 33.4 Å². The first-order valence-electron chi connectivity index (χ1n) is 11.3. The van der Waals surface area contributed by atoms with Crippen LogP contribution in [0, 0.1) is 18.3 Å². The maximum Gasteiger partial charge on any atom is 0.254 e. The van der Waals surface area contributed by atoms with Crippen LogP contribution in [-0.2, 0) is 11.3 Å². The number of likely N-dealkylation sites (tertiary alicyclic amines) is 2. The lowest BCUT2D eigenvalue weighted by Crippen LogP contribution is -2.64. The van der Waals surface area contributed by atoms with Gasteiger partial charge in [0.25, 0.3) is 5.91 Å². The van der Waals surface area contributed by atoms with Gasteiger partial charge in [-0.3, -0.25) is 14.5 Å². The van der Waals surface area contributed by atoms with Crippen LogP contribution in [0.2, 0.25) is 0 Å². The highest BCUT2D eigenvalue weighted by molar-refractivity contribution is 5.97. The Bertz CT molecular complexity index is 983. The highest BCUT2D eigenvalue weighted by Crippen LogP contribution is 2.45. The summed E-state index contributed by atoms with van der Waals surface area (Å²) in [7, 11) is 1.62. The summed E-state index contributed by atoms with van der Waals surface area (Å²) in [5.41, 5.74) is 2.57. The maximum atomic E-state index is 13.2. The van der Waals surface area contributed by atoms with Crippen LogP contribution in [0.1, 0.15) is 35.3 Å². The number of amides is 2. The van der Waals surface area contributed by atoms with E-state index in [1.807, 2.05) is 62.1 Å². The molecule has 2 saturated heterocycles. The first-order valence-corrected chi connectivity index (χ1v) is 11.3. The molecule has 0 aromatic heterocycles. The maximum absolute atomic E-state index is 13.2. The van der Waals surface area contributed by atoms with E-state index in [9.17, 15) is 9.59 Å². The zero-order valence-electron chi connectivity index (χ0n) is 19.4. The minimum Gasteiger partial charge on any atom is -0.496 e. The van der Waals surface area contributed by atoms with Crippen molar-refractivity contribution in [1.29, 1.82) is 0 Å². The number of benzene rings is 2. The molecular formula is C26H33N3O3. The molecule has 2 aliphatic heterocycles. The lowest BCUT2D eigenvalue weighted by molar-refractivity contribution is -0.131. The van der Waals surface area contributed by atoms with Crippen molar-refractivity contribution >= 4 is 11.8 Å². The molecule has 2 heterocycles. The van der Waals surface area contributed by atoms with Crippen LogP contribution in [0.5, 0.6) is 5.75 Å². The average Bonchev–Trinajstić information content (AvgIpc) is 3.12. The Labute approximate surface area is 190 Å². The standard InChI is InChI=1S/C26H33N3O3/c1-18(2)27-24(30)22-14-28(13-20-9-6-5-7-10-20)15-26(22)16-29(17-26)25(31)21-11-8-12-23(32-4)19(21)3/h5-12,18,22H,13-17H2,1-4H3,(H,27,30). The Balaban J connectivity index is 1.51. The summed E-state index contributed by atoms with van der Waals surface area (Å²) < 4.78 is 5.39. The van der Waals surface area contributed by atoms with Crippen LogP contribution < -0.4 is 10.1 Å². The van der Waals surface area contributed by atoms with Crippen molar-refractivity contribution in [2.24, 2.45) is 11.3 Å². The van der Waals surface area contributed by atoms with Gasteiger partial charge in [-0.1, -0.05) is 36.4 Å². The van der Waals surface area contributed by atoms with Gasteiger partial charge < -0.3 is 15.0 Å². The summed E-state index contributed by atoms with van der Waals surface area (Å²) in [4.78, 5) is 30.6. The van der Waals surface area contributed by atoms with Crippen LogP contribution in [0.25, 0.3) is 0 Å².